The number of nitrogens with zero attached hydrogens (tertiary/aromatic N) is 4. The van der Waals surface area contributed by atoms with Gasteiger partial charge in [-0.2, -0.15) is 0 Å². The lowest BCUT2D eigenvalue weighted by Gasteiger charge is -2.43. The van der Waals surface area contributed by atoms with E-state index in [0.717, 1.165) is 77.0 Å². The number of Topliss-reactive ketones (excluding diaryl/α,β-unsaturated/α-hetero) is 8. The van der Waals surface area contributed by atoms with Crippen LogP contribution in [0.5, 0.6) is 0 Å². The Bertz CT molecular complexity index is 3560. The van der Waals surface area contributed by atoms with Crippen LogP contribution in [0.2, 0.25) is 0 Å². The second-order valence-corrected chi connectivity index (χ2v) is 38.2. The largest absolute Gasteiger partial charge is 0.388 e. The molecule has 0 aromatic carbocycles. The zero-order valence-electron chi connectivity index (χ0n) is 76.8. The summed E-state index contributed by atoms with van der Waals surface area (Å²) in [4.78, 5) is 111. The number of amidine groups is 4. The summed E-state index contributed by atoms with van der Waals surface area (Å²) >= 11 is 0. The normalized spacial score (nSPS) is 31.6. The number of aliphatic imine (C=N–C) groups is 4. The van der Waals surface area contributed by atoms with E-state index >= 15 is 0 Å². The summed E-state index contributed by atoms with van der Waals surface area (Å²) in [7, 11) is 0. The van der Waals surface area contributed by atoms with Crippen molar-refractivity contribution >= 4 is 86.7 Å². The van der Waals surface area contributed by atoms with Crippen molar-refractivity contribution < 1.29 is 79.2 Å². The molecule has 0 spiro atoms. The Kier molecular flexibility index (Phi) is 44.3. The average molecular weight is 1680 g/mol. The van der Waals surface area contributed by atoms with Crippen LogP contribution in [0.15, 0.2) is 32.4 Å². The van der Waals surface area contributed by atoms with Gasteiger partial charge in [-0.1, -0.05) is 124 Å². The highest BCUT2D eigenvalue weighted by molar-refractivity contribution is 5.95. The number of hydrogen-bond donors (Lipinski definition) is 17. The van der Waals surface area contributed by atoms with Gasteiger partial charge in [-0.05, 0) is 207 Å². The van der Waals surface area contributed by atoms with Crippen molar-refractivity contribution in [2.75, 3.05) is 0 Å². The first-order valence-electron chi connectivity index (χ1n) is 43.6. The van der Waals surface area contributed by atoms with Crippen molar-refractivity contribution in [3.63, 3.8) is 0 Å². The molecule has 8 rings (SSSR count). The molecule has 29 heteroatoms. The molecule has 0 heterocycles. The molecule has 0 saturated heterocycles. The van der Waals surface area contributed by atoms with E-state index in [-0.39, 0.29) is 130 Å². The Labute approximate surface area is 711 Å². The zero-order chi connectivity index (χ0) is 92.4. The summed E-state index contributed by atoms with van der Waals surface area (Å²) in [5.41, 5.74) is 19.7. The van der Waals surface area contributed by atoms with Crippen LogP contribution in [0.4, 0.5) is 0 Å². The van der Waals surface area contributed by atoms with E-state index in [1.807, 2.05) is 90.0 Å². The van der Waals surface area contributed by atoms with E-state index in [2.05, 4.69) is 31.9 Å². The molecular weight excluding hydrogens is 1520 g/mol. The summed E-state index contributed by atoms with van der Waals surface area (Å²) < 4.78 is 0. The molecule has 22 N–H and O–H groups in total. The van der Waals surface area contributed by atoms with Gasteiger partial charge in [0.2, 0.25) is 0 Å². The van der Waals surface area contributed by atoms with Crippen molar-refractivity contribution in [3.8, 4) is 0 Å². The number of rotatable bonds is 28. The molecule has 0 aromatic heterocycles. The Balaban J connectivity index is 0.000000681. The first-order chi connectivity index (χ1) is 54.4. The van der Waals surface area contributed by atoms with E-state index in [0.29, 0.717) is 148 Å². The van der Waals surface area contributed by atoms with Crippen LogP contribution in [0.3, 0.4) is 0 Å². The first kappa shape index (κ1) is 110. The molecule has 0 radical (unpaired) electrons. The van der Waals surface area contributed by atoms with Gasteiger partial charge < -0.3 is 91.1 Å². The minimum Gasteiger partial charge on any atom is -0.388 e. The number of carbonyl (C=O) groups excluding carboxylic acids is 8. The van der Waals surface area contributed by atoms with Crippen LogP contribution in [0.25, 0.3) is 0 Å². The smallest absolute Gasteiger partial charge is 0.169 e. The highest BCUT2D eigenvalue weighted by atomic mass is 16.3. The molecule has 0 amide bonds. The fourth-order valence-corrected chi connectivity index (χ4v) is 17.4. The molecule has 0 bridgehead atoms. The van der Waals surface area contributed by atoms with Gasteiger partial charge in [-0.3, -0.25) is 58.3 Å². The lowest BCUT2D eigenvalue weighted by molar-refractivity contribution is -0.155. The maximum absolute atomic E-state index is 12.1. The summed E-state index contributed by atoms with van der Waals surface area (Å²) in [5.74, 6) is 1.29. The number of nitrogens with two attached hydrogens (primary N) is 5. The summed E-state index contributed by atoms with van der Waals surface area (Å²) in [6, 6.07) is -0.947. The van der Waals surface area contributed by atoms with Gasteiger partial charge in [0.1, 0.15) is 44.8 Å². The fourth-order valence-electron chi connectivity index (χ4n) is 17.4. The van der Waals surface area contributed by atoms with Crippen LogP contribution >= 0.6 is 0 Å². The summed E-state index contributed by atoms with van der Waals surface area (Å²) in [6.45, 7) is 44.6. The quantitative estimate of drug-likeness (QED) is 0.0256. The van der Waals surface area contributed by atoms with Crippen LogP contribution in [-0.4, -0.2) is 203 Å². The van der Waals surface area contributed by atoms with Crippen LogP contribution in [-0.2, 0) is 38.4 Å². The minimum atomic E-state index is -1.30. The van der Waals surface area contributed by atoms with E-state index in [9.17, 15) is 79.2 Å². The average Bonchev–Trinajstić information content (AvgIpc) is 1.63. The van der Waals surface area contributed by atoms with Gasteiger partial charge in [0.25, 0.3) is 0 Å². The summed E-state index contributed by atoms with van der Waals surface area (Å²) in [5, 5.41) is 107. The molecule has 8 saturated carbocycles. The Morgan fingerprint density at radius 2 is 0.681 bits per heavy atom. The van der Waals surface area contributed by atoms with Gasteiger partial charge in [-0.25, -0.2) is 0 Å². The topological polar surface area (TPSA) is 562 Å². The lowest BCUT2D eigenvalue weighted by atomic mass is 9.65. The van der Waals surface area contributed by atoms with Crippen molar-refractivity contribution in [2.24, 2.45) is 114 Å². The van der Waals surface area contributed by atoms with Crippen LogP contribution in [0, 0.1) is 81.3 Å². The van der Waals surface area contributed by atoms with Crippen LogP contribution < -0.4 is 34.0 Å². The number of aliphatic hydroxyl groups is 8. The molecule has 12 atom stereocenters. The second kappa shape index (κ2) is 47.8. The second-order valence-electron chi connectivity index (χ2n) is 38.2. The number of carbonyl (C=O) groups is 8. The number of hydrogen-bond acceptors (Lipinski definition) is 25. The predicted octanol–water partition coefficient (Wildman–Crippen LogP) is 10.1. The molecule has 0 aliphatic heterocycles. The van der Waals surface area contributed by atoms with Gasteiger partial charge in [0.05, 0.1) is 53.3 Å². The lowest BCUT2D eigenvalue weighted by Crippen LogP contribution is -2.58. The van der Waals surface area contributed by atoms with Crippen molar-refractivity contribution in [1.29, 1.82) is 16.2 Å². The minimum absolute atomic E-state index is 0.00792. The van der Waals surface area contributed by atoms with Gasteiger partial charge in [0, 0.05) is 89.8 Å². The molecule has 682 valence electrons. The van der Waals surface area contributed by atoms with E-state index in [1.165, 1.54) is 0 Å². The SMILES string of the molecule is C=C(N)NC1CCC(O)(C(=O)C(C)C)C1.CC(=N)CC1CC(O)(C(=O)C(C)C)C1.CC(=N)CC1CCC(O)(C(=O)C(C)C)CC1.CC(=N)CC1CCCC1(O)C(=O)C(C)C.CC(N)=NC1CC1(O)C(=O)C(C)C.CC(N)=NC1CCC1(O)C(=O)C(C)C.CC(N)=NC1CCCC(O)(C(=O)C(C)C)C1.CC(N)=NC1CCCCC1(O)C(=O)C(C)C. The van der Waals surface area contributed by atoms with Gasteiger partial charge in [-0.15, -0.1) is 0 Å². The molecule has 8 fully saturated rings. The Morgan fingerprint density at radius 1 is 0.336 bits per heavy atom. The number of nitrogens with one attached hydrogen (secondary N) is 4. The van der Waals surface area contributed by atoms with E-state index < -0.39 is 44.8 Å². The highest BCUT2D eigenvalue weighted by Gasteiger charge is 2.60. The monoisotopic (exact) mass is 1680 g/mol. The predicted molar refractivity (Wildman–Crippen MR) is 474 cm³/mol. The van der Waals surface area contributed by atoms with Gasteiger partial charge >= 0.3 is 0 Å². The van der Waals surface area contributed by atoms with Crippen molar-refractivity contribution in [2.45, 2.75) is 401 Å². The standard InChI is InChI=1S/C13H23NO2.2C12H22N2O2.C12H21NO2.C11H20N2O2.C11H19NO2.C10H18N2O2.C9H16N2O2/c1-9(2)12(15)13(16)6-4-11(5-7-13)8-10(3)14;1-8(2)11(15)12(16)6-4-5-10(7-12)14-9(3)13;1-8(2)11(15)12(16)7-5-4-6-10(12)14-9(3)13;1-8(2)11(14)12(15)6-4-5-10(12)7-9(3)13;1-7(2)10(14)11(15)5-4-9(6-11)13-8(3)12;1-7(2)10(13)11(14)5-9(6-11)4-8(3)12;1-6(2)9(13)10(14)5-4-8(10)12-7(3)11;1-5(2)8(12)9(13)4-7(9)11-6(3)10/h9,11,14,16H,4-8H2,1-3H3;2*8,10,16H,4-7H2,1-3H3,(H2,13,14);8,10,13,15H,4-7H2,1-3H3;7,9,13,15H,3-6,12H2,1-2H3;7,9,12,14H,4-6H2,1-3H3;6,8,14H,4-5H2,1-3H3,(H2,11,12);5,7,13H,4H2,1-3H3,(H2,10,11). The molecule has 12 unspecified atom stereocenters. The van der Waals surface area contributed by atoms with Gasteiger partial charge in [0.15, 0.2) is 46.3 Å². The maximum atomic E-state index is 12.1. The number of ketones is 8. The first-order valence-corrected chi connectivity index (χ1v) is 43.6. The third kappa shape index (κ3) is 33.8. The van der Waals surface area contributed by atoms with E-state index in [1.54, 1.807) is 69.2 Å². The molecule has 8 aliphatic carbocycles. The summed E-state index contributed by atoms with van der Waals surface area (Å²) in [6.07, 6.45) is 17.6. The molecule has 29 nitrogen and oxygen atoms in total. The molecule has 0 aromatic rings. The van der Waals surface area contributed by atoms with Crippen LogP contribution in [0.1, 0.15) is 326 Å². The Morgan fingerprint density at radius 3 is 1.08 bits per heavy atom. The molecular formula is C90H161N13O16. The Hall–Kier alpha value is -6.73. The molecule has 8 aliphatic rings. The highest BCUT2D eigenvalue weighted by Crippen LogP contribution is 2.45. The third-order valence-electron chi connectivity index (χ3n) is 23.6. The van der Waals surface area contributed by atoms with E-state index in [4.69, 9.17) is 44.9 Å². The maximum Gasteiger partial charge on any atom is 0.169 e. The third-order valence-corrected chi connectivity index (χ3v) is 23.6. The zero-order valence-corrected chi connectivity index (χ0v) is 76.8. The van der Waals surface area contributed by atoms with Crippen molar-refractivity contribution in [3.05, 3.63) is 12.4 Å². The van der Waals surface area contributed by atoms with Crippen molar-refractivity contribution in [1.82, 2.24) is 5.32 Å². The molecule has 119 heavy (non-hydrogen) atoms. The fraction of sp³-hybridized carbons (Fsp3) is 0.811.